The van der Waals surface area contributed by atoms with Crippen LogP contribution in [0.4, 0.5) is 5.95 Å². The average molecular weight is 279 g/mol. The molecule has 2 atom stereocenters. The number of hydrogen-bond donors (Lipinski definition) is 3. The van der Waals surface area contributed by atoms with E-state index in [4.69, 9.17) is 5.11 Å². The van der Waals surface area contributed by atoms with Crippen molar-refractivity contribution in [3.8, 4) is 0 Å². The number of rotatable bonds is 4. The highest BCUT2D eigenvalue weighted by molar-refractivity contribution is 5.88. The van der Waals surface area contributed by atoms with Gasteiger partial charge in [-0.1, -0.05) is 19.8 Å². The maximum absolute atomic E-state index is 10.9. The molecule has 1 aromatic rings. The molecular weight excluding hydrogens is 258 g/mol. The first-order chi connectivity index (χ1) is 9.46. The molecule has 0 aliphatic heterocycles. The van der Waals surface area contributed by atoms with Gasteiger partial charge in [0, 0.05) is 6.20 Å². The molecule has 3 N–H and O–H groups in total. The van der Waals surface area contributed by atoms with Crippen LogP contribution in [0.15, 0.2) is 6.20 Å². The van der Waals surface area contributed by atoms with Crippen LogP contribution in [-0.4, -0.2) is 38.3 Å². The summed E-state index contributed by atoms with van der Waals surface area (Å²) in [6.45, 7) is 3.84. The zero-order valence-corrected chi connectivity index (χ0v) is 11.9. The minimum atomic E-state index is -1.03. The van der Waals surface area contributed by atoms with Gasteiger partial charge in [0.05, 0.1) is 23.4 Å². The first kappa shape index (κ1) is 14.7. The van der Waals surface area contributed by atoms with E-state index in [2.05, 4.69) is 22.2 Å². The van der Waals surface area contributed by atoms with Crippen molar-refractivity contribution in [3.05, 3.63) is 17.5 Å². The molecule has 6 nitrogen and oxygen atoms in total. The number of aromatic carboxylic acids is 1. The molecule has 1 aromatic heterocycles. The van der Waals surface area contributed by atoms with Crippen LogP contribution in [0.2, 0.25) is 0 Å². The molecule has 0 amide bonds. The summed E-state index contributed by atoms with van der Waals surface area (Å²) in [4.78, 5) is 19.2. The van der Waals surface area contributed by atoms with Crippen molar-refractivity contribution >= 4 is 11.9 Å². The lowest BCUT2D eigenvalue weighted by molar-refractivity contribution is 0.0695. The molecular formula is C14H21N3O3. The number of aromatic nitrogens is 2. The second-order valence-electron chi connectivity index (χ2n) is 5.76. The predicted octanol–water partition coefficient (Wildman–Crippen LogP) is 1.84. The number of carboxylic acids is 1. The summed E-state index contributed by atoms with van der Waals surface area (Å²) in [7, 11) is 0. The molecule has 20 heavy (non-hydrogen) atoms. The molecule has 0 aromatic carbocycles. The van der Waals surface area contributed by atoms with Gasteiger partial charge in [-0.3, -0.25) is 0 Å². The third-order valence-electron chi connectivity index (χ3n) is 3.98. The number of aliphatic hydroxyl groups excluding tert-OH is 1. The normalized spacial score (nSPS) is 26.2. The third-order valence-corrected chi connectivity index (χ3v) is 3.98. The summed E-state index contributed by atoms with van der Waals surface area (Å²) < 4.78 is 0. The van der Waals surface area contributed by atoms with Gasteiger partial charge < -0.3 is 15.5 Å². The highest BCUT2D eigenvalue weighted by Gasteiger charge is 2.35. The van der Waals surface area contributed by atoms with Crippen molar-refractivity contribution in [1.29, 1.82) is 0 Å². The van der Waals surface area contributed by atoms with E-state index in [-0.39, 0.29) is 12.2 Å². The number of nitrogens with one attached hydrogen (secondary N) is 1. The molecule has 1 aliphatic carbocycles. The van der Waals surface area contributed by atoms with E-state index in [0.717, 1.165) is 19.3 Å². The molecule has 110 valence electrons. The Bertz CT molecular complexity index is 506. The summed E-state index contributed by atoms with van der Waals surface area (Å²) >= 11 is 0. The molecule has 1 aliphatic rings. The van der Waals surface area contributed by atoms with Gasteiger partial charge in [0.2, 0.25) is 5.95 Å². The van der Waals surface area contributed by atoms with Gasteiger partial charge in [0.15, 0.2) is 0 Å². The minimum absolute atomic E-state index is 0.0282. The number of aryl methyl sites for hydroxylation is 1. The molecule has 0 saturated heterocycles. The third kappa shape index (κ3) is 3.07. The van der Waals surface area contributed by atoms with E-state index in [1.165, 1.54) is 12.6 Å². The van der Waals surface area contributed by atoms with E-state index < -0.39 is 11.5 Å². The van der Waals surface area contributed by atoms with Crippen LogP contribution >= 0.6 is 0 Å². The highest BCUT2D eigenvalue weighted by Crippen LogP contribution is 2.34. The quantitative estimate of drug-likeness (QED) is 0.778. The van der Waals surface area contributed by atoms with Crippen LogP contribution < -0.4 is 5.32 Å². The smallest absolute Gasteiger partial charge is 0.339 e. The average Bonchev–Trinajstić information content (AvgIpc) is 2.38. The van der Waals surface area contributed by atoms with Gasteiger partial charge >= 0.3 is 5.97 Å². The van der Waals surface area contributed by atoms with Crippen molar-refractivity contribution in [2.24, 2.45) is 5.92 Å². The Morgan fingerprint density at radius 2 is 2.35 bits per heavy atom. The fourth-order valence-electron chi connectivity index (χ4n) is 2.93. The van der Waals surface area contributed by atoms with E-state index in [0.29, 0.717) is 17.6 Å². The van der Waals surface area contributed by atoms with E-state index in [9.17, 15) is 9.90 Å². The van der Waals surface area contributed by atoms with Crippen LogP contribution in [0.1, 0.15) is 48.7 Å². The SMILES string of the molecule is Cc1nc(NC2(CO)CCCC(C)C2)ncc1C(=O)O. The fourth-order valence-corrected chi connectivity index (χ4v) is 2.93. The molecule has 0 spiro atoms. The second kappa shape index (κ2) is 5.75. The number of carboxylic acid groups (broad SMARTS) is 1. The molecule has 0 radical (unpaired) electrons. The lowest BCUT2D eigenvalue weighted by Gasteiger charge is -2.39. The zero-order valence-electron chi connectivity index (χ0n) is 11.9. The van der Waals surface area contributed by atoms with Gasteiger partial charge in [0.25, 0.3) is 0 Å². The van der Waals surface area contributed by atoms with Crippen LogP contribution in [0.3, 0.4) is 0 Å². The van der Waals surface area contributed by atoms with Crippen LogP contribution in [0.25, 0.3) is 0 Å². The fraction of sp³-hybridized carbons (Fsp3) is 0.643. The molecule has 2 unspecified atom stereocenters. The molecule has 0 bridgehead atoms. The minimum Gasteiger partial charge on any atom is -0.478 e. The van der Waals surface area contributed by atoms with E-state index in [1.54, 1.807) is 6.92 Å². The largest absolute Gasteiger partial charge is 0.478 e. The maximum Gasteiger partial charge on any atom is 0.339 e. The van der Waals surface area contributed by atoms with Crippen molar-refractivity contribution in [3.63, 3.8) is 0 Å². The number of hydrogen-bond acceptors (Lipinski definition) is 5. The Morgan fingerprint density at radius 1 is 1.60 bits per heavy atom. The van der Waals surface area contributed by atoms with E-state index >= 15 is 0 Å². The monoisotopic (exact) mass is 279 g/mol. The highest BCUT2D eigenvalue weighted by atomic mass is 16.4. The van der Waals surface area contributed by atoms with Crippen LogP contribution in [0, 0.1) is 12.8 Å². The van der Waals surface area contributed by atoms with Gasteiger partial charge in [0.1, 0.15) is 0 Å². The zero-order chi connectivity index (χ0) is 14.8. The lowest BCUT2D eigenvalue weighted by Crippen LogP contribution is -2.46. The van der Waals surface area contributed by atoms with Gasteiger partial charge in [-0.05, 0) is 25.7 Å². The van der Waals surface area contributed by atoms with Crippen molar-refractivity contribution in [2.45, 2.75) is 45.1 Å². The predicted molar refractivity (Wildman–Crippen MR) is 74.8 cm³/mol. The van der Waals surface area contributed by atoms with Crippen molar-refractivity contribution in [1.82, 2.24) is 9.97 Å². The van der Waals surface area contributed by atoms with Gasteiger partial charge in [-0.25, -0.2) is 14.8 Å². The first-order valence-corrected chi connectivity index (χ1v) is 6.92. The number of nitrogens with zero attached hydrogens (tertiary/aromatic N) is 2. The first-order valence-electron chi connectivity index (χ1n) is 6.92. The van der Waals surface area contributed by atoms with Crippen molar-refractivity contribution in [2.75, 3.05) is 11.9 Å². The summed E-state index contributed by atoms with van der Waals surface area (Å²) in [5.74, 6) is -0.101. The van der Waals surface area contributed by atoms with Crippen LogP contribution in [0.5, 0.6) is 0 Å². The number of aliphatic hydroxyl groups is 1. The Kier molecular flexibility index (Phi) is 4.23. The molecule has 6 heteroatoms. The van der Waals surface area contributed by atoms with Crippen LogP contribution in [-0.2, 0) is 0 Å². The number of anilines is 1. The molecule has 1 heterocycles. The van der Waals surface area contributed by atoms with Gasteiger partial charge in [-0.15, -0.1) is 0 Å². The molecule has 2 rings (SSSR count). The summed E-state index contributed by atoms with van der Waals surface area (Å²) in [6, 6.07) is 0. The Balaban J connectivity index is 2.19. The lowest BCUT2D eigenvalue weighted by atomic mass is 9.77. The standard InChI is InChI=1S/C14H21N3O3/c1-9-4-3-5-14(6-9,8-18)17-13-15-7-11(12(19)20)10(2)16-13/h7,9,18H,3-6,8H2,1-2H3,(H,19,20)(H,15,16,17). The summed E-state index contributed by atoms with van der Waals surface area (Å²) in [5.41, 5.74) is 0.132. The Hall–Kier alpha value is -1.69. The van der Waals surface area contributed by atoms with E-state index in [1.807, 2.05) is 0 Å². The second-order valence-corrected chi connectivity index (χ2v) is 5.76. The molecule has 1 fully saturated rings. The Morgan fingerprint density at radius 3 is 2.90 bits per heavy atom. The summed E-state index contributed by atoms with van der Waals surface area (Å²) in [6.07, 6.45) is 5.27. The maximum atomic E-state index is 10.9. The number of carbonyl (C=O) groups is 1. The summed E-state index contributed by atoms with van der Waals surface area (Å²) in [5, 5.41) is 21.9. The Labute approximate surface area is 118 Å². The van der Waals surface area contributed by atoms with Crippen molar-refractivity contribution < 1.29 is 15.0 Å². The molecule has 1 saturated carbocycles. The topological polar surface area (TPSA) is 95.3 Å². The van der Waals surface area contributed by atoms with Gasteiger partial charge in [-0.2, -0.15) is 0 Å².